The van der Waals surface area contributed by atoms with Gasteiger partial charge in [0.2, 0.25) is 15.9 Å². The molecule has 0 saturated carbocycles. The first-order valence-corrected chi connectivity index (χ1v) is 10.4. The summed E-state index contributed by atoms with van der Waals surface area (Å²) >= 11 is 0. The van der Waals surface area contributed by atoms with Gasteiger partial charge < -0.3 is 4.90 Å². The summed E-state index contributed by atoms with van der Waals surface area (Å²) in [5, 5.41) is 0. The fraction of sp³-hybridized carbons (Fsp3) is 0.632. The van der Waals surface area contributed by atoms with E-state index in [-0.39, 0.29) is 23.3 Å². The average Bonchev–Trinajstić information content (AvgIpc) is 2.54. The number of amides is 1. The summed E-state index contributed by atoms with van der Waals surface area (Å²) in [6.45, 7) is 11.3. The second-order valence-electron chi connectivity index (χ2n) is 8.15. The van der Waals surface area contributed by atoms with Crippen molar-refractivity contribution in [2.24, 2.45) is 5.92 Å². The van der Waals surface area contributed by atoms with Gasteiger partial charge in [-0.3, -0.25) is 4.79 Å². The van der Waals surface area contributed by atoms with Crippen LogP contribution < -0.4 is 4.72 Å². The smallest absolute Gasteiger partial charge is 0.240 e. The van der Waals surface area contributed by atoms with Crippen molar-refractivity contribution in [1.82, 2.24) is 9.62 Å². The molecule has 1 heterocycles. The van der Waals surface area contributed by atoms with E-state index in [1.807, 2.05) is 30.9 Å². The molecule has 0 bridgehead atoms. The Morgan fingerprint density at radius 1 is 1.12 bits per heavy atom. The standard InChI is InChI=1S/C19H30N2O3S/c1-14(2)18(22)21-12-10-16(11-13-21)20-25(23,24)17-8-6-15(7-9-17)19(3,4)5/h6-9,14,16,20H,10-13H2,1-5H3. The van der Waals surface area contributed by atoms with Crippen LogP contribution in [0.3, 0.4) is 0 Å². The molecule has 1 aromatic rings. The minimum Gasteiger partial charge on any atom is -0.342 e. The van der Waals surface area contributed by atoms with E-state index < -0.39 is 10.0 Å². The molecular weight excluding hydrogens is 336 g/mol. The van der Waals surface area contributed by atoms with Crippen LogP contribution in [0.1, 0.15) is 53.0 Å². The molecule has 0 aromatic heterocycles. The molecule has 25 heavy (non-hydrogen) atoms. The summed E-state index contributed by atoms with van der Waals surface area (Å²) < 4.78 is 28.0. The van der Waals surface area contributed by atoms with Gasteiger partial charge in [-0.2, -0.15) is 0 Å². The van der Waals surface area contributed by atoms with Crippen molar-refractivity contribution in [1.29, 1.82) is 0 Å². The zero-order chi connectivity index (χ0) is 18.8. The summed E-state index contributed by atoms with van der Waals surface area (Å²) in [7, 11) is -3.53. The van der Waals surface area contributed by atoms with Gasteiger partial charge in [0, 0.05) is 25.0 Å². The Balaban J connectivity index is 1.99. The molecule has 6 heteroatoms. The predicted octanol–water partition coefficient (Wildman–Crippen LogP) is 2.91. The van der Waals surface area contributed by atoms with E-state index in [1.54, 1.807) is 12.1 Å². The number of nitrogens with one attached hydrogen (secondary N) is 1. The summed E-state index contributed by atoms with van der Waals surface area (Å²) in [4.78, 5) is 14.1. The molecule has 2 rings (SSSR count). The Hall–Kier alpha value is -1.40. The zero-order valence-electron chi connectivity index (χ0n) is 15.9. The molecule has 0 atom stereocenters. The zero-order valence-corrected chi connectivity index (χ0v) is 16.7. The first kappa shape index (κ1) is 19.9. The molecule has 1 aliphatic rings. The predicted molar refractivity (Wildman–Crippen MR) is 99.9 cm³/mol. The number of carbonyl (C=O) groups excluding carboxylic acids is 1. The highest BCUT2D eigenvalue weighted by atomic mass is 32.2. The highest BCUT2D eigenvalue weighted by molar-refractivity contribution is 7.89. The molecule has 1 amide bonds. The van der Waals surface area contributed by atoms with E-state index in [0.29, 0.717) is 30.8 Å². The van der Waals surface area contributed by atoms with Crippen molar-refractivity contribution < 1.29 is 13.2 Å². The number of carbonyl (C=O) groups is 1. The number of likely N-dealkylation sites (tertiary alicyclic amines) is 1. The third kappa shape index (κ3) is 5.05. The molecule has 1 aliphatic heterocycles. The normalized spacial score (nSPS) is 17.1. The van der Waals surface area contributed by atoms with Gasteiger partial charge in [0.05, 0.1) is 4.90 Å². The second kappa shape index (κ2) is 7.46. The van der Waals surface area contributed by atoms with E-state index in [9.17, 15) is 13.2 Å². The molecule has 0 spiro atoms. The summed E-state index contributed by atoms with van der Waals surface area (Å²) in [6, 6.07) is 6.96. The van der Waals surface area contributed by atoms with Gasteiger partial charge in [-0.25, -0.2) is 13.1 Å². The van der Waals surface area contributed by atoms with E-state index in [0.717, 1.165) is 5.56 Å². The monoisotopic (exact) mass is 366 g/mol. The lowest BCUT2D eigenvalue weighted by Crippen LogP contribution is -2.47. The van der Waals surface area contributed by atoms with Crippen molar-refractivity contribution in [3.8, 4) is 0 Å². The van der Waals surface area contributed by atoms with Gasteiger partial charge in [0.15, 0.2) is 0 Å². The topological polar surface area (TPSA) is 66.5 Å². The third-order valence-electron chi connectivity index (χ3n) is 4.65. The van der Waals surface area contributed by atoms with E-state index >= 15 is 0 Å². The minimum atomic E-state index is -3.53. The number of sulfonamides is 1. The van der Waals surface area contributed by atoms with Crippen LogP contribution in [0.2, 0.25) is 0 Å². The Labute approximate surface area is 151 Å². The fourth-order valence-corrected chi connectivity index (χ4v) is 4.31. The lowest BCUT2D eigenvalue weighted by molar-refractivity contribution is -0.135. The van der Waals surface area contributed by atoms with Gasteiger partial charge in [-0.15, -0.1) is 0 Å². The van der Waals surface area contributed by atoms with Crippen LogP contribution in [0.15, 0.2) is 29.2 Å². The second-order valence-corrected chi connectivity index (χ2v) is 9.86. The highest BCUT2D eigenvalue weighted by Gasteiger charge is 2.27. The number of piperidine rings is 1. The van der Waals surface area contributed by atoms with Crippen molar-refractivity contribution in [2.45, 2.75) is 63.8 Å². The maximum atomic E-state index is 12.6. The van der Waals surface area contributed by atoms with Gasteiger partial charge in [0.1, 0.15) is 0 Å². The maximum Gasteiger partial charge on any atom is 0.240 e. The van der Waals surface area contributed by atoms with E-state index in [4.69, 9.17) is 0 Å². The number of rotatable bonds is 4. The van der Waals surface area contributed by atoms with Crippen molar-refractivity contribution in [3.05, 3.63) is 29.8 Å². The van der Waals surface area contributed by atoms with Gasteiger partial charge in [-0.05, 0) is 36.0 Å². The molecule has 140 valence electrons. The third-order valence-corrected chi connectivity index (χ3v) is 6.19. The maximum absolute atomic E-state index is 12.6. The first-order valence-electron chi connectivity index (χ1n) is 8.92. The van der Waals surface area contributed by atoms with E-state index in [2.05, 4.69) is 25.5 Å². The molecule has 1 fully saturated rings. The van der Waals surface area contributed by atoms with Crippen LogP contribution in [0.5, 0.6) is 0 Å². The molecule has 0 unspecified atom stereocenters. The lowest BCUT2D eigenvalue weighted by Gasteiger charge is -2.33. The molecule has 0 radical (unpaired) electrons. The number of hydrogen-bond acceptors (Lipinski definition) is 3. The summed E-state index contributed by atoms with van der Waals surface area (Å²) in [6.07, 6.45) is 1.30. The van der Waals surface area contributed by atoms with Crippen LogP contribution in [-0.4, -0.2) is 38.4 Å². The Morgan fingerprint density at radius 2 is 1.64 bits per heavy atom. The molecular formula is C19H30N2O3S. The number of benzene rings is 1. The number of nitrogens with zero attached hydrogens (tertiary/aromatic N) is 1. The largest absolute Gasteiger partial charge is 0.342 e. The first-order chi connectivity index (χ1) is 11.5. The Morgan fingerprint density at radius 3 is 2.08 bits per heavy atom. The average molecular weight is 367 g/mol. The Kier molecular flexibility index (Phi) is 5.94. The fourth-order valence-electron chi connectivity index (χ4n) is 3.00. The molecule has 1 aromatic carbocycles. The van der Waals surface area contributed by atoms with Crippen LogP contribution in [0, 0.1) is 5.92 Å². The number of hydrogen-bond donors (Lipinski definition) is 1. The SMILES string of the molecule is CC(C)C(=O)N1CCC(NS(=O)(=O)c2ccc(C(C)(C)C)cc2)CC1. The van der Waals surface area contributed by atoms with Crippen LogP contribution in [0.25, 0.3) is 0 Å². The van der Waals surface area contributed by atoms with Gasteiger partial charge in [0.25, 0.3) is 0 Å². The molecule has 1 saturated heterocycles. The highest BCUT2D eigenvalue weighted by Crippen LogP contribution is 2.24. The Bertz CT molecular complexity index is 695. The van der Waals surface area contributed by atoms with Crippen molar-refractivity contribution in [2.75, 3.05) is 13.1 Å². The van der Waals surface area contributed by atoms with Crippen LogP contribution in [-0.2, 0) is 20.2 Å². The quantitative estimate of drug-likeness (QED) is 0.891. The molecule has 5 nitrogen and oxygen atoms in total. The lowest BCUT2D eigenvalue weighted by atomic mass is 9.87. The van der Waals surface area contributed by atoms with Crippen LogP contribution >= 0.6 is 0 Å². The molecule has 1 N–H and O–H groups in total. The minimum absolute atomic E-state index is 0.00843. The van der Waals surface area contributed by atoms with Crippen molar-refractivity contribution in [3.63, 3.8) is 0 Å². The summed E-state index contributed by atoms with van der Waals surface area (Å²) in [5.41, 5.74) is 1.10. The summed E-state index contributed by atoms with van der Waals surface area (Å²) in [5.74, 6) is 0.119. The van der Waals surface area contributed by atoms with E-state index in [1.165, 1.54) is 0 Å². The van der Waals surface area contributed by atoms with Crippen molar-refractivity contribution >= 4 is 15.9 Å². The molecule has 0 aliphatic carbocycles. The van der Waals surface area contributed by atoms with Crippen LogP contribution in [0.4, 0.5) is 0 Å². The van der Waals surface area contributed by atoms with Gasteiger partial charge in [-0.1, -0.05) is 46.8 Å². The van der Waals surface area contributed by atoms with Gasteiger partial charge >= 0.3 is 0 Å².